The molecule has 0 amide bonds. The van der Waals surface area contributed by atoms with Crippen molar-refractivity contribution < 1.29 is 0 Å². The molecular weight excluding hydrogens is 192 g/mol. The first-order valence-electron chi connectivity index (χ1n) is 5.23. The van der Waals surface area contributed by atoms with E-state index in [0.29, 0.717) is 0 Å². The van der Waals surface area contributed by atoms with Gasteiger partial charge in [-0.1, -0.05) is 54.5 Å². The summed E-state index contributed by atoms with van der Waals surface area (Å²) in [5.41, 5.74) is 0.856. The first-order chi connectivity index (χ1) is 7.90. The zero-order valence-corrected chi connectivity index (χ0v) is 8.70. The first-order valence-corrected chi connectivity index (χ1v) is 5.23. The highest BCUT2D eigenvalue weighted by Gasteiger charge is 2.03. The lowest BCUT2D eigenvalue weighted by Gasteiger charge is -2.05. The van der Waals surface area contributed by atoms with Crippen molar-refractivity contribution in [3.63, 3.8) is 0 Å². The van der Waals surface area contributed by atoms with E-state index in [9.17, 15) is 0 Å². The monoisotopic (exact) mass is 201 g/mol. The summed E-state index contributed by atoms with van der Waals surface area (Å²) in [5.74, 6) is 2.51. The summed E-state index contributed by atoms with van der Waals surface area (Å²) in [7, 11) is 0. The van der Waals surface area contributed by atoms with E-state index in [-0.39, 0.29) is 0 Å². The Morgan fingerprint density at radius 3 is 2.12 bits per heavy atom. The fourth-order valence-corrected chi connectivity index (χ4v) is 2.16. The number of benzene rings is 3. The molecule has 16 heavy (non-hydrogen) atoms. The van der Waals surface area contributed by atoms with Gasteiger partial charge >= 0.3 is 0 Å². The normalized spacial score (nSPS) is 10.4. The first kappa shape index (κ1) is 9.00. The Balaban J connectivity index is 2.64. The molecule has 0 heterocycles. The molecule has 0 bridgehead atoms. The van der Waals surface area contributed by atoms with Crippen LogP contribution < -0.4 is 0 Å². The number of hydrogen-bond donors (Lipinski definition) is 0. The summed E-state index contributed by atoms with van der Waals surface area (Å²) >= 11 is 0. The Morgan fingerprint density at radius 2 is 1.38 bits per heavy atom. The van der Waals surface area contributed by atoms with E-state index in [1.54, 1.807) is 0 Å². The van der Waals surface area contributed by atoms with Gasteiger partial charge in [-0.15, -0.1) is 0 Å². The molecule has 3 rings (SSSR count). The summed E-state index contributed by atoms with van der Waals surface area (Å²) in [6, 6.07) is 18.4. The van der Waals surface area contributed by atoms with E-state index in [1.807, 2.05) is 36.4 Å². The molecule has 0 heteroatoms. The van der Waals surface area contributed by atoms with E-state index in [2.05, 4.69) is 24.1 Å². The maximum absolute atomic E-state index is 7.35. The van der Waals surface area contributed by atoms with Gasteiger partial charge in [0.15, 0.2) is 0 Å². The van der Waals surface area contributed by atoms with E-state index >= 15 is 0 Å². The molecule has 0 saturated carbocycles. The largest absolute Gasteiger partial charge is 0.0616 e. The van der Waals surface area contributed by atoms with Gasteiger partial charge in [0.05, 0.1) is 0 Å². The summed E-state index contributed by atoms with van der Waals surface area (Å²) in [4.78, 5) is 0. The van der Waals surface area contributed by atoms with Gasteiger partial charge in [-0.3, -0.25) is 0 Å². The topological polar surface area (TPSA) is 0 Å². The van der Waals surface area contributed by atoms with Gasteiger partial charge in [0.1, 0.15) is 0 Å². The Labute approximate surface area is 94.5 Å². The third-order valence-corrected chi connectivity index (χ3v) is 2.90. The van der Waals surface area contributed by atoms with Crippen LogP contribution in [0.15, 0.2) is 54.6 Å². The van der Waals surface area contributed by atoms with Crippen molar-refractivity contribution in [2.75, 3.05) is 0 Å². The van der Waals surface area contributed by atoms with Gasteiger partial charge in [-0.2, -0.15) is 0 Å². The Morgan fingerprint density at radius 1 is 0.750 bits per heavy atom. The molecule has 0 nitrogen and oxygen atoms in total. The second-order valence-electron chi connectivity index (χ2n) is 3.82. The number of hydrogen-bond acceptors (Lipinski definition) is 0. The molecule has 3 aromatic rings. The van der Waals surface area contributed by atoms with Crippen molar-refractivity contribution in [3.05, 3.63) is 66.6 Å². The molecule has 0 unspecified atom stereocenters. The van der Waals surface area contributed by atoms with Crippen LogP contribution in [0.2, 0.25) is 0 Å². The average molecular weight is 201 g/mol. The molecule has 0 aliphatic heterocycles. The fraction of sp³-hybridized carbons (Fsp3) is 0. The predicted molar refractivity (Wildman–Crippen MR) is 67.7 cm³/mol. The second kappa shape index (κ2) is 3.40. The van der Waals surface area contributed by atoms with Gasteiger partial charge in [0, 0.05) is 5.56 Å². The van der Waals surface area contributed by atoms with Crippen molar-refractivity contribution in [3.8, 4) is 5.92 Å². The zero-order chi connectivity index (χ0) is 11.0. The van der Waals surface area contributed by atoms with Crippen molar-refractivity contribution in [2.45, 2.75) is 0 Å². The van der Waals surface area contributed by atoms with Crippen LogP contribution in [0.4, 0.5) is 0 Å². The predicted octanol–water partition coefficient (Wildman–Crippen LogP) is 3.93. The van der Waals surface area contributed by atoms with Crippen LogP contribution in [-0.4, -0.2) is 0 Å². The molecule has 0 fully saturated rings. The number of fused-ring (bicyclic) bond motifs is 3. The van der Waals surface area contributed by atoms with Crippen LogP contribution in [0.3, 0.4) is 0 Å². The Hall–Kier alpha value is -2.26. The molecule has 0 saturated heterocycles. The van der Waals surface area contributed by atoms with Crippen LogP contribution in [0.1, 0.15) is 5.56 Å². The second-order valence-corrected chi connectivity index (χ2v) is 3.82. The molecule has 0 atom stereocenters. The molecule has 0 aliphatic carbocycles. The van der Waals surface area contributed by atoms with E-state index < -0.39 is 0 Å². The molecule has 0 N–H and O–H groups in total. The van der Waals surface area contributed by atoms with Gasteiger partial charge in [0.2, 0.25) is 0 Å². The lowest BCUT2D eigenvalue weighted by molar-refractivity contribution is 1.73. The lowest BCUT2D eigenvalue weighted by atomic mass is 9.98. The molecule has 3 aromatic carbocycles. The van der Waals surface area contributed by atoms with Crippen molar-refractivity contribution in [2.24, 2.45) is 0 Å². The van der Waals surface area contributed by atoms with Gasteiger partial charge in [-0.25, -0.2) is 0 Å². The summed E-state index contributed by atoms with van der Waals surface area (Å²) < 4.78 is 0. The zero-order valence-electron chi connectivity index (χ0n) is 8.70. The molecule has 73 valence electrons. The Bertz CT molecular complexity index is 715. The Kier molecular flexibility index (Phi) is 1.91. The third-order valence-electron chi connectivity index (χ3n) is 2.90. The quantitative estimate of drug-likeness (QED) is 0.382. The minimum absolute atomic E-state index is 0.856. The molecule has 0 aromatic heterocycles. The molecule has 1 radical (unpaired) electrons. The molecular formula is C16H9. The minimum Gasteiger partial charge on any atom is -0.0616 e. The van der Waals surface area contributed by atoms with Crippen LogP contribution in [0.25, 0.3) is 21.5 Å². The van der Waals surface area contributed by atoms with Crippen molar-refractivity contribution in [1.29, 1.82) is 0 Å². The highest BCUT2D eigenvalue weighted by Crippen LogP contribution is 2.27. The van der Waals surface area contributed by atoms with Crippen LogP contribution >= 0.6 is 0 Å². The molecule has 0 aliphatic rings. The van der Waals surface area contributed by atoms with Crippen LogP contribution in [0, 0.1) is 12.3 Å². The summed E-state index contributed by atoms with van der Waals surface area (Å²) in [6.07, 6.45) is 7.35. The van der Waals surface area contributed by atoms with E-state index in [0.717, 1.165) is 16.3 Å². The van der Waals surface area contributed by atoms with Crippen molar-refractivity contribution in [1.82, 2.24) is 0 Å². The van der Waals surface area contributed by atoms with Crippen molar-refractivity contribution >= 4 is 21.5 Å². The smallest absolute Gasteiger partial charge is 0.0340 e. The maximum Gasteiger partial charge on any atom is 0.0340 e. The van der Waals surface area contributed by atoms with E-state index in [4.69, 9.17) is 6.42 Å². The summed E-state index contributed by atoms with van der Waals surface area (Å²) in [6.45, 7) is 0. The molecule has 0 spiro atoms. The van der Waals surface area contributed by atoms with E-state index in [1.165, 1.54) is 10.8 Å². The van der Waals surface area contributed by atoms with Crippen LogP contribution in [0.5, 0.6) is 0 Å². The standard InChI is InChI=1S/C16H9/c1-2-12-11-13-7-3-4-9-15(13)16-10-6-5-8-14(12)16/h3-11H. The SMILES string of the molecule is [C]#Cc1cc2ccccc2c2ccccc12. The average Bonchev–Trinajstić information content (AvgIpc) is 2.38. The lowest BCUT2D eigenvalue weighted by Crippen LogP contribution is -1.82. The van der Waals surface area contributed by atoms with Gasteiger partial charge < -0.3 is 0 Å². The fourth-order valence-electron chi connectivity index (χ4n) is 2.16. The minimum atomic E-state index is 0.856. The highest BCUT2D eigenvalue weighted by atomic mass is 14.1. The third kappa shape index (κ3) is 1.19. The maximum atomic E-state index is 7.35. The van der Waals surface area contributed by atoms with Gasteiger partial charge in [-0.05, 0) is 34.0 Å². The number of rotatable bonds is 0. The summed E-state index contributed by atoms with van der Waals surface area (Å²) in [5, 5.41) is 4.68. The van der Waals surface area contributed by atoms with Gasteiger partial charge in [0.25, 0.3) is 0 Å². The van der Waals surface area contributed by atoms with Crippen LogP contribution in [-0.2, 0) is 0 Å². The highest BCUT2D eigenvalue weighted by molar-refractivity contribution is 6.09.